The molecule has 0 bridgehead atoms. The van der Waals surface area contributed by atoms with Crippen molar-refractivity contribution in [2.45, 2.75) is 6.92 Å². The summed E-state index contributed by atoms with van der Waals surface area (Å²) in [5, 5.41) is 1.41. The maximum Gasteiger partial charge on any atom is 0.207 e. The second-order valence-electron chi connectivity index (χ2n) is 2.32. The van der Waals surface area contributed by atoms with E-state index >= 15 is 0 Å². The van der Waals surface area contributed by atoms with Gasteiger partial charge in [-0.1, -0.05) is 11.8 Å². The molecule has 0 unspecified atom stereocenters. The predicted octanol–water partition coefficient (Wildman–Crippen LogP) is 0.810. The molecule has 2 nitrogen and oxygen atoms in total. The lowest BCUT2D eigenvalue weighted by Crippen LogP contribution is -2.31. The van der Waals surface area contributed by atoms with Gasteiger partial charge < -0.3 is 4.74 Å². The highest BCUT2D eigenvalue weighted by Crippen LogP contribution is 1.99. The Balaban J connectivity index is 2.51. The number of hydrogen-bond acceptors (Lipinski definition) is 2. The molecular weight excluding hydrogens is 146 g/mol. The largest absolute Gasteiger partial charge is 0.368 e. The second-order valence-corrected chi connectivity index (χ2v) is 3.32. The van der Waals surface area contributed by atoms with Crippen LogP contribution in [0.1, 0.15) is 6.92 Å². The molecule has 1 aliphatic heterocycles. The molecule has 10 heavy (non-hydrogen) atoms. The first-order valence-electron chi connectivity index (χ1n) is 3.55. The predicted molar refractivity (Wildman–Crippen MR) is 45.0 cm³/mol. The van der Waals surface area contributed by atoms with Crippen LogP contribution in [0.3, 0.4) is 0 Å². The summed E-state index contributed by atoms with van der Waals surface area (Å²) in [5.41, 5.74) is 0. The van der Waals surface area contributed by atoms with Gasteiger partial charge in [-0.15, -0.1) is 0 Å². The molecule has 0 saturated carbocycles. The molecule has 0 N–H and O–H groups in total. The van der Waals surface area contributed by atoms with Gasteiger partial charge in [-0.3, -0.25) is 0 Å². The lowest BCUT2D eigenvalue weighted by atomic mass is 10.5. The van der Waals surface area contributed by atoms with Crippen molar-refractivity contribution in [3.8, 4) is 0 Å². The minimum atomic E-state index is 0.887. The fourth-order valence-corrected chi connectivity index (χ4v) is 1.45. The number of hydrogen-bond donors (Lipinski definition) is 0. The topological polar surface area (TPSA) is 12.2 Å². The molecule has 0 aromatic carbocycles. The lowest BCUT2D eigenvalue weighted by molar-refractivity contribution is -0.547. The fourth-order valence-electron chi connectivity index (χ4n) is 1.01. The fraction of sp³-hybridized carbons (Fsp3) is 0.857. The molecule has 3 heteroatoms. The van der Waals surface area contributed by atoms with Gasteiger partial charge in [0.25, 0.3) is 0 Å². The molecule has 0 radical (unpaired) electrons. The molecule has 1 heterocycles. The van der Waals surface area contributed by atoms with Gasteiger partial charge in [0.05, 0.1) is 0 Å². The highest BCUT2D eigenvalue weighted by atomic mass is 32.2. The SMILES string of the molecule is CSC(C)=[N+]1CCOCC1. The average Bonchev–Trinajstić information content (AvgIpc) is 2.05. The van der Waals surface area contributed by atoms with Crippen LogP contribution in [0.15, 0.2) is 0 Å². The summed E-state index contributed by atoms with van der Waals surface area (Å²) in [5.74, 6) is 0. The van der Waals surface area contributed by atoms with Gasteiger partial charge >= 0.3 is 0 Å². The van der Waals surface area contributed by atoms with Crippen molar-refractivity contribution >= 4 is 16.8 Å². The second kappa shape index (κ2) is 3.98. The summed E-state index contributed by atoms with van der Waals surface area (Å²) in [6.45, 7) is 6.06. The Morgan fingerprint density at radius 2 is 2.00 bits per heavy atom. The van der Waals surface area contributed by atoms with E-state index in [0.29, 0.717) is 0 Å². The standard InChI is InChI=1S/C7H14NOS/c1-7(10-2)8-3-5-9-6-4-8/h3-6H2,1-2H3/q+1. The van der Waals surface area contributed by atoms with Crippen molar-refractivity contribution in [2.75, 3.05) is 32.6 Å². The third kappa shape index (κ3) is 1.99. The molecule has 1 rings (SSSR count). The normalized spacial score (nSPS) is 19.2. The van der Waals surface area contributed by atoms with Gasteiger partial charge in [0.1, 0.15) is 13.2 Å². The first kappa shape index (κ1) is 8.08. The van der Waals surface area contributed by atoms with Crippen LogP contribution in [0, 0.1) is 0 Å². The zero-order valence-corrected chi connectivity index (χ0v) is 7.41. The Morgan fingerprint density at radius 1 is 1.40 bits per heavy atom. The third-order valence-corrected chi connectivity index (χ3v) is 2.60. The van der Waals surface area contributed by atoms with E-state index < -0.39 is 0 Å². The minimum absolute atomic E-state index is 0.887. The van der Waals surface area contributed by atoms with Crippen LogP contribution in [0.4, 0.5) is 0 Å². The Labute approximate surface area is 66.3 Å². The summed E-state index contributed by atoms with van der Waals surface area (Å²) in [6.07, 6.45) is 2.12. The molecule has 1 saturated heterocycles. The first-order chi connectivity index (χ1) is 4.84. The van der Waals surface area contributed by atoms with Crippen LogP contribution >= 0.6 is 11.8 Å². The van der Waals surface area contributed by atoms with Crippen molar-refractivity contribution in [1.29, 1.82) is 0 Å². The molecular formula is C7H14NOS+. The Kier molecular flexibility index (Phi) is 3.22. The van der Waals surface area contributed by atoms with Crippen molar-refractivity contribution in [3.05, 3.63) is 0 Å². The molecule has 58 valence electrons. The van der Waals surface area contributed by atoms with Gasteiger partial charge in [0.2, 0.25) is 5.04 Å². The monoisotopic (exact) mass is 160 g/mol. The summed E-state index contributed by atoms with van der Waals surface area (Å²) in [6, 6.07) is 0. The van der Waals surface area contributed by atoms with Gasteiger partial charge in [0, 0.05) is 6.92 Å². The van der Waals surface area contributed by atoms with E-state index in [1.165, 1.54) is 5.04 Å². The summed E-state index contributed by atoms with van der Waals surface area (Å²) >= 11 is 1.82. The number of thioether (sulfide) groups is 1. The number of nitrogens with zero attached hydrogens (tertiary/aromatic N) is 1. The van der Waals surface area contributed by atoms with E-state index in [4.69, 9.17) is 4.74 Å². The van der Waals surface area contributed by atoms with Crippen LogP contribution in [0.25, 0.3) is 0 Å². The minimum Gasteiger partial charge on any atom is -0.368 e. The first-order valence-corrected chi connectivity index (χ1v) is 4.77. The zero-order valence-electron chi connectivity index (χ0n) is 6.59. The van der Waals surface area contributed by atoms with Gasteiger partial charge in [-0.05, 0) is 6.26 Å². The summed E-state index contributed by atoms with van der Waals surface area (Å²) in [4.78, 5) is 0. The highest BCUT2D eigenvalue weighted by Gasteiger charge is 2.13. The van der Waals surface area contributed by atoms with Crippen molar-refractivity contribution in [1.82, 2.24) is 0 Å². The van der Waals surface area contributed by atoms with Crippen molar-refractivity contribution in [2.24, 2.45) is 0 Å². The molecule has 1 fully saturated rings. The number of morpholine rings is 1. The van der Waals surface area contributed by atoms with Crippen molar-refractivity contribution < 1.29 is 9.31 Å². The van der Waals surface area contributed by atoms with Crippen LogP contribution in [-0.4, -0.2) is 42.2 Å². The molecule has 0 aromatic rings. The maximum absolute atomic E-state index is 5.23. The van der Waals surface area contributed by atoms with E-state index in [1.54, 1.807) is 0 Å². The number of ether oxygens (including phenoxy) is 1. The molecule has 0 aliphatic carbocycles. The summed E-state index contributed by atoms with van der Waals surface area (Å²) < 4.78 is 7.60. The van der Waals surface area contributed by atoms with Crippen molar-refractivity contribution in [3.63, 3.8) is 0 Å². The number of rotatable bonds is 0. The molecule has 0 aromatic heterocycles. The van der Waals surface area contributed by atoms with E-state index in [9.17, 15) is 0 Å². The highest BCUT2D eigenvalue weighted by molar-refractivity contribution is 8.13. The van der Waals surface area contributed by atoms with E-state index in [1.807, 2.05) is 11.8 Å². The lowest BCUT2D eigenvalue weighted by Gasteiger charge is -2.11. The Hall–Kier alpha value is -0.0200. The van der Waals surface area contributed by atoms with Crippen LogP contribution < -0.4 is 0 Å². The van der Waals surface area contributed by atoms with Crippen LogP contribution in [0.5, 0.6) is 0 Å². The average molecular weight is 160 g/mol. The van der Waals surface area contributed by atoms with Gasteiger partial charge in [-0.25, -0.2) is 4.58 Å². The Bertz CT molecular complexity index is 137. The smallest absolute Gasteiger partial charge is 0.207 e. The van der Waals surface area contributed by atoms with E-state index in [-0.39, 0.29) is 0 Å². The van der Waals surface area contributed by atoms with E-state index in [0.717, 1.165) is 26.3 Å². The van der Waals surface area contributed by atoms with Crippen LogP contribution in [-0.2, 0) is 4.74 Å². The summed E-state index contributed by atoms with van der Waals surface area (Å²) in [7, 11) is 0. The Morgan fingerprint density at radius 3 is 2.50 bits per heavy atom. The molecule has 0 atom stereocenters. The van der Waals surface area contributed by atoms with Gasteiger partial charge in [-0.2, -0.15) is 0 Å². The van der Waals surface area contributed by atoms with Crippen LogP contribution in [0.2, 0.25) is 0 Å². The molecule has 1 aliphatic rings. The quantitative estimate of drug-likeness (QED) is 0.384. The zero-order chi connectivity index (χ0) is 7.40. The molecule has 0 spiro atoms. The maximum atomic E-state index is 5.23. The third-order valence-electron chi connectivity index (χ3n) is 1.75. The van der Waals surface area contributed by atoms with Gasteiger partial charge in [0.15, 0.2) is 13.1 Å². The van der Waals surface area contributed by atoms with E-state index in [2.05, 4.69) is 17.8 Å². The molecule has 0 amide bonds.